The van der Waals surface area contributed by atoms with Gasteiger partial charge in [0.1, 0.15) is 0 Å². The number of pyridine rings is 1. The van der Waals surface area contributed by atoms with Crippen molar-refractivity contribution >= 4 is 32.4 Å². The Morgan fingerprint density at radius 3 is 1.56 bits per heavy atom. The third-order valence-corrected chi connectivity index (χ3v) is 7.69. The molecule has 8 aromatic rings. The van der Waals surface area contributed by atoms with Gasteiger partial charge in [-0.15, -0.1) is 10.2 Å². The second-order valence-electron chi connectivity index (χ2n) is 10.1. The average Bonchev–Trinajstić information content (AvgIpc) is 3.54. The van der Waals surface area contributed by atoms with E-state index in [2.05, 4.69) is 112 Å². The molecule has 0 bridgehead atoms. The van der Waals surface area contributed by atoms with Crippen LogP contribution in [0, 0.1) is 0 Å². The lowest BCUT2D eigenvalue weighted by molar-refractivity contribution is 0.584. The van der Waals surface area contributed by atoms with E-state index in [1.165, 1.54) is 38.2 Å². The number of aromatic nitrogens is 3. The minimum atomic E-state index is 0.506. The molecule has 0 saturated carbocycles. The molecule has 0 amide bonds. The molecule has 0 N–H and O–H groups in total. The Morgan fingerprint density at radius 2 is 0.927 bits per heavy atom. The van der Waals surface area contributed by atoms with Crippen LogP contribution >= 0.6 is 0 Å². The standard InChI is InChI=1S/C37H23N3O/c1-2-9-25(10-3-1)36-39-40-37(41-36)26-18-16-24(17-19-26)34-29-12-4-6-14-31(29)35(32-15-7-5-13-30(32)34)28-20-21-33-27(23-28)11-8-22-38-33/h1-23H. The summed E-state index contributed by atoms with van der Waals surface area (Å²) in [6, 6.07) is 46.3. The molecular formula is C37H23N3O. The van der Waals surface area contributed by atoms with Gasteiger partial charge in [-0.25, -0.2) is 0 Å². The van der Waals surface area contributed by atoms with Crippen molar-refractivity contribution in [2.75, 3.05) is 0 Å². The Labute approximate surface area is 236 Å². The first kappa shape index (κ1) is 23.3. The molecule has 4 nitrogen and oxygen atoms in total. The summed E-state index contributed by atoms with van der Waals surface area (Å²) < 4.78 is 6.01. The molecule has 4 heteroatoms. The molecule has 0 aliphatic heterocycles. The van der Waals surface area contributed by atoms with Crippen molar-refractivity contribution in [1.82, 2.24) is 15.2 Å². The Kier molecular flexibility index (Phi) is 5.42. The van der Waals surface area contributed by atoms with Gasteiger partial charge in [0.2, 0.25) is 11.8 Å². The fourth-order valence-corrected chi connectivity index (χ4v) is 5.80. The molecule has 6 aromatic carbocycles. The number of benzene rings is 6. The SMILES string of the molecule is c1ccc(-c2nnc(-c3ccc(-c4c5ccccc5c(-c5ccc6ncccc6c5)c5ccccc45)cc3)o2)cc1. The van der Waals surface area contributed by atoms with Crippen molar-refractivity contribution in [3.8, 4) is 45.2 Å². The zero-order chi connectivity index (χ0) is 27.2. The number of rotatable bonds is 4. The lowest BCUT2D eigenvalue weighted by Gasteiger charge is -2.18. The average molecular weight is 526 g/mol. The summed E-state index contributed by atoms with van der Waals surface area (Å²) in [6.07, 6.45) is 1.84. The molecule has 8 rings (SSSR count). The summed E-state index contributed by atoms with van der Waals surface area (Å²) in [4.78, 5) is 4.53. The van der Waals surface area contributed by atoms with Gasteiger partial charge in [0, 0.05) is 22.7 Å². The monoisotopic (exact) mass is 525 g/mol. The first-order valence-electron chi connectivity index (χ1n) is 13.6. The van der Waals surface area contributed by atoms with Crippen molar-refractivity contribution in [3.63, 3.8) is 0 Å². The summed E-state index contributed by atoms with van der Waals surface area (Å²) in [5.41, 5.74) is 7.57. The van der Waals surface area contributed by atoms with Crippen LogP contribution < -0.4 is 0 Å². The van der Waals surface area contributed by atoms with Crippen LogP contribution in [0.3, 0.4) is 0 Å². The highest BCUT2D eigenvalue weighted by Crippen LogP contribution is 2.44. The molecule has 0 aliphatic carbocycles. The van der Waals surface area contributed by atoms with Crippen LogP contribution in [-0.4, -0.2) is 15.2 Å². The van der Waals surface area contributed by atoms with Gasteiger partial charge in [-0.3, -0.25) is 4.98 Å². The third-order valence-electron chi connectivity index (χ3n) is 7.69. The number of hydrogen-bond donors (Lipinski definition) is 0. The van der Waals surface area contributed by atoms with Crippen LogP contribution in [0.5, 0.6) is 0 Å². The first-order valence-corrected chi connectivity index (χ1v) is 13.6. The number of fused-ring (bicyclic) bond motifs is 3. The summed E-state index contributed by atoms with van der Waals surface area (Å²) in [5.74, 6) is 1.02. The lowest BCUT2D eigenvalue weighted by Crippen LogP contribution is -1.91. The number of hydrogen-bond acceptors (Lipinski definition) is 4. The predicted octanol–water partition coefficient (Wildman–Crippen LogP) is 9.59. The Bertz CT molecular complexity index is 2140. The van der Waals surface area contributed by atoms with Crippen LogP contribution in [0.2, 0.25) is 0 Å². The first-order chi connectivity index (χ1) is 20.3. The van der Waals surface area contributed by atoms with E-state index < -0.39 is 0 Å². The quantitative estimate of drug-likeness (QED) is 0.215. The topological polar surface area (TPSA) is 51.8 Å². The van der Waals surface area contributed by atoms with Gasteiger partial charge in [-0.05, 0) is 86.3 Å². The lowest BCUT2D eigenvalue weighted by atomic mass is 9.85. The van der Waals surface area contributed by atoms with E-state index >= 15 is 0 Å². The highest BCUT2D eigenvalue weighted by atomic mass is 16.4. The van der Waals surface area contributed by atoms with Crippen molar-refractivity contribution in [2.24, 2.45) is 0 Å². The second-order valence-corrected chi connectivity index (χ2v) is 10.1. The van der Waals surface area contributed by atoms with Crippen LogP contribution in [-0.2, 0) is 0 Å². The summed E-state index contributed by atoms with van der Waals surface area (Å²) in [6.45, 7) is 0. The zero-order valence-electron chi connectivity index (χ0n) is 22.0. The predicted molar refractivity (Wildman–Crippen MR) is 166 cm³/mol. The molecular weight excluding hydrogens is 502 g/mol. The summed E-state index contributed by atoms with van der Waals surface area (Å²) in [7, 11) is 0. The van der Waals surface area contributed by atoms with Gasteiger partial charge in [0.25, 0.3) is 0 Å². The highest BCUT2D eigenvalue weighted by Gasteiger charge is 2.17. The van der Waals surface area contributed by atoms with E-state index in [4.69, 9.17) is 4.42 Å². The molecule has 0 aliphatic rings. The normalized spacial score (nSPS) is 11.4. The summed E-state index contributed by atoms with van der Waals surface area (Å²) >= 11 is 0. The zero-order valence-corrected chi connectivity index (χ0v) is 22.0. The van der Waals surface area contributed by atoms with Gasteiger partial charge in [0.15, 0.2) is 0 Å². The van der Waals surface area contributed by atoms with Gasteiger partial charge in [0.05, 0.1) is 5.52 Å². The van der Waals surface area contributed by atoms with Gasteiger partial charge in [-0.1, -0.05) is 91.0 Å². The molecule has 0 saturated heterocycles. The van der Waals surface area contributed by atoms with Crippen LogP contribution in [0.15, 0.2) is 144 Å². The fraction of sp³-hybridized carbons (Fsp3) is 0. The van der Waals surface area contributed by atoms with Crippen LogP contribution in [0.4, 0.5) is 0 Å². The van der Waals surface area contributed by atoms with Gasteiger partial charge in [-0.2, -0.15) is 0 Å². The molecule has 41 heavy (non-hydrogen) atoms. The molecule has 0 atom stereocenters. The smallest absolute Gasteiger partial charge is 0.248 e. The molecule has 0 radical (unpaired) electrons. The molecule has 192 valence electrons. The molecule has 2 heterocycles. The van der Waals surface area contributed by atoms with E-state index in [-0.39, 0.29) is 0 Å². The van der Waals surface area contributed by atoms with Crippen molar-refractivity contribution in [1.29, 1.82) is 0 Å². The molecule has 0 unspecified atom stereocenters. The van der Waals surface area contributed by atoms with Crippen molar-refractivity contribution < 1.29 is 4.42 Å². The van der Waals surface area contributed by atoms with Crippen LogP contribution in [0.1, 0.15) is 0 Å². The molecule has 0 fully saturated rings. The van der Waals surface area contributed by atoms with E-state index in [0.717, 1.165) is 27.6 Å². The van der Waals surface area contributed by atoms with Gasteiger partial charge >= 0.3 is 0 Å². The highest BCUT2D eigenvalue weighted by molar-refractivity contribution is 6.21. The van der Waals surface area contributed by atoms with Crippen molar-refractivity contribution in [3.05, 3.63) is 140 Å². The van der Waals surface area contributed by atoms with E-state index in [0.29, 0.717) is 11.8 Å². The maximum Gasteiger partial charge on any atom is 0.248 e. The number of nitrogens with zero attached hydrogens (tertiary/aromatic N) is 3. The Balaban J connectivity index is 1.29. The summed E-state index contributed by atoms with van der Waals surface area (Å²) in [5, 5.41) is 14.6. The maximum atomic E-state index is 6.01. The minimum absolute atomic E-state index is 0.506. The van der Waals surface area contributed by atoms with Crippen molar-refractivity contribution in [2.45, 2.75) is 0 Å². The maximum absolute atomic E-state index is 6.01. The largest absolute Gasteiger partial charge is 0.416 e. The second kappa shape index (κ2) is 9.54. The molecule has 0 spiro atoms. The third kappa shape index (κ3) is 3.97. The Hall–Kier alpha value is -5.61. The van der Waals surface area contributed by atoms with E-state index in [1.54, 1.807) is 0 Å². The van der Waals surface area contributed by atoms with Gasteiger partial charge < -0.3 is 4.42 Å². The van der Waals surface area contributed by atoms with E-state index in [9.17, 15) is 0 Å². The fourth-order valence-electron chi connectivity index (χ4n) is 5.80. The van der Waals surface area contributed by atoms with E-state index in [1.807, 2.05) is 42.6 Å². The Morgan fingerprint density at radius 1 is 0.415 bits per heavy atom. The minimum Gasteiger partial charge on any atom is -0.416 e. The molecule has 2 aromatic heterocycles. The van der Waals surface area contributed by atoms with Crippen LogP contribution in [0.25, 0.3) is 77.6 Å².